The van der Waals surface area contributed by atoms with Gasteiger partial charge in [0.2, 0.25) is 0 Å². The Balaban J connectivity index is 1.60. The standard InChI is InChI=1S/C26H39F2IO/c1-19-5-8-21(9-6-19)22-10-12-23(13-11-22)26(27,28)30-24-14-7-20(2)17-25(3,18-24)15-4-16-29/h7,14,17-19,21-23H,4-6,8-13,15-16H2,1-3H3. The SMILES string of the molecule is CC1=CC(C)(CCCI)C=C(OC(F)(F)C2CCC(C3CCC(C)CC3)CC2)C=C1. The predicted molar refractivity (Wildman–Crippen MR) is 130 cm³/mol. The van der Waals surface area contributed by atoms with Crippen molar-refractivity contribution in [1.29, 1.82) is 0 Å². The van der Waals surface area contributed by atoms with Gasteiger partial charge >= 0.3 is 6.11 Å². The third kappa shape index (κ3) is 6.56. The van der Waals surface area contributed by atoms with Crippen molar-refractivity contribution in [2.45, 2.75) is 91.1 Å². The largest absolute Gasteiger partial charge is 0.433 e. The Morgan fingerprint density at radius 3 is 2.20 bits per heavy atom. The lowest BCUT2D eigenvalue weighted by Gasteiger charge is -2.39. The summed E-state index contributed by atoms with van der Waals surface area (Å²) in [5, 5.41) is 0. The molecule has 0 aromatic heterocycles. The van der Waals surface area contributed by atoms with Crippen LogP contribution in [-0.4, -0.2) is 10.5 Å². The van der Waals surface area contributed by atoms with Crippen LogP contribution in [0.4, 0.5) is 8.78 Å². The highest BCUT2D eigenvalue weighted by Gasteiger charge is 2.45. The second-order valence-corrected chi connectivity index (χ2v) is 11.4. The Hall–Kier alpha value is -0.390. The first-order chi connectivity index (χ1) is 14.2. The molecule has 1 unspecified atom stereocenters. The molecule has 1 nitrogen and oxygen atoms in total. The van der Waals surface area contributed by atoms with Crippen molar-refractivity contribution in [2.75, 3.05) is 4.43 Å². The molecule has 4 heteroatoms. The summed E-state index contributed by atoms with van der Waals surface area (Å²) in [6, 6.07) is 0. The molecule has 0 aromatic rings. The minimum absolute atomic E-state index is 0.236. The molecule has 0 aliphatic heterocycles. The highest BCUT2D eigenvalue weighted by atomic mass is 127. The van der Waals surface area contributed by atoms with Gasteiger partial charge in [-0.2, -0.15) is 8.78 Å². The number of halogens is 3. The van der Waals surface area contributed by atoms with Gasteiger partial charge in [0.1, 0.15) is 5.76 Å². The highest BCUT2D eigenvalue weighted by Crippen LogP contribution is 2.46. The summed E-state index contributed by atoms with van der Waals surface area (Å²) in [5.74, 6) is 1.91. The zero-order chi connectivity index (χ0) is 21.8. The van der Waals surface area contributed by atoms with E-state index in [1.54, 1.807) is 6.08 Å². The van der Waals surface area contributed by atoms with Gasteiger partial charge in [-0.05, 0) is 92.6 Å². The molecule has 0 amide bonds. The van der Waals surface area contributed by atoms with Gasteiger partial charge in [-0.1, -0.05) is 67.0 Å². The van der Waals surface area contributed by atoms with Gasteiger partial charge in [0.15, 0.2) is 0 Å². The van der Waals surface area contributed by atoms with E-state index >= 15 is 8.78 Å². The molecule has 3 aliphatic rings. The molecule has 1 atom stereocenters. The molecule has 0 heterocycles. The summed E-state index contributed by atoms with van der Waals surface area (Å²) < 4.78 is 36.8. The summed E-state index contributed by atoms with van der Waals surface area (Å²) in [5.41, 5.74) is 0.867. The minimum Gasteiger partial charge on any atom is -0.433 e. The quantitative estimate of drug-likeness (QED) is 0.235. The molecule has 3 rings (SSSR count). The number of alkyl halides is 3. The van der Waals surface area contributed by atoms with E-state index in [0.717, 1.165) is 47.5 Å². The number of ether oxygens (including phenoxy) is 1. The zero-order valence-electron chi connectivity index (χ0n) is 18.9. The normalized spacial score (nSPS) is 35.4. The summed E-state index contributed by atoms with van der Waals surface area (Å²) in [7, 11) is 0. The van der Waals surface area contributed by atoms with Crippen LogP contribution in [0.3, 0.4) is 0 Å². The van der Waals surface area contributed by atoms with Crippen LogP contribution < -0.4 is 0 Å². The second-order valence-electron chi connectivity index (χ2n) is 10.4. The Morgan fingerprint density at radius 2 is 1.60 bits per heavy atom. The Bertz CT molecular complexity index is 652. The fourth-order valence-electron chi connectivity index (χ4n) is 5.78. The maximum absolute atomic E-state index is 15.1. The van der Waals surface area contributed by atoms with Gasteiger partial charge in [0, 0.05) is 5.41 Å². The monoisotopic (exact) mass is 532 g/mol. The summed E-state index contributed by atoms with van der Waals surface area (Å²) in [6.45, 7) is 6.49. The first kappa shape index (κ1) is 24.3. The lowest BCUT2D eigenvalue weighted by Crippen LogP contribution is -2.36. The lowest BCUT2D eigenvalue weighted by molar-refractivity contribution is -0.254. The van der Waals surface area contributed by atoms with Crippen molar-refractivity contribution in [3.8, 4) is 0 Å². The van der Waals surface area contributed by atoms with Gasteiger partial charge < -0.3 is 4.74 Å². The number of hydrogen-bond acceptors (Lipinski definition) is 1. The Kier molecular flexibility index (Phi) is 8.48. The Labute approximate surface area is 195 Å². The van der Waals surface area contributed by atoms with Gasteiger partial charge in [-0.15, -0.1) is 0 Å². The van der Waals surface area contributed by atoms with Gasteiger partial charge in [-0.25, -0.2) is 0 Å². The van der Waals surface area contributed by atoms with E-state index in [-0.39, 0.29) is 5.41 Å². The van der Waals surface area contributed by atoms with Crippen molar-refractivity contribution in [3.63, 3.8) is 0 Å². The van der Waals surface area contributed by atoms with Crippen LogP contribution in [0.2, 0.25) is 0 Å². The van der Waals surface area contributed by atoms with E-state index in [0.29, 0.717) is 24.5 Å². The maximum Gasteiger partial charge on any atom is 0.400 e. The molecule has 2 fully saturated rings. The van der Waals surface area contributed by atoms with Crippen LogP contribution in [0.1, 0.15) is 85.0 Å². The van der Waals surface area contributed by atoms with Crippen molar-refractivity contribution in [2.24, 2.45) is 29.1 Å². The molecule has 170 valence electrons. The summed E-state index contributed by atoms with van der Waals surface area (Å²) >= 11 is 2.37. The smallest absolute Gasteiger partial charge is 0.400 e. The van der Waals surface area contributed by atoms with Crippen LogP contribution in [0.15, 0.2) is 35.6 Å². The zero-order valence-corrected chi connectivity index (χ0v) is 21.1. The summed E-state index contributed by atoms with van der Waals surface area (Å²) in [6.07, 6.45) is 14.9. The van der Waals surface area contributed by atoms with E-state index in [1.807, 2.05) is 19.1 Å². The van der Waals surface area contributed by atoms with Crippen LogP contribution >= 0.6 is 22.6 Å². The first-order valence-corrected chi connectivity index (χ1v) is 13.5. The first-order valence-electron chi connectivity index (χ1n) is 11.9. The van der Waals surface area contributed by atoms with Gasteiger partial charge in [0.25, 0.3) is 0 Å². The van der Waals surface area contributed by atoms with Crippen molar-refractivity contribution >= 4 is 22.6 Å². The fourth-order valence-corrected chi connectivity index (χ4v) is 6.16. The van der Waals surface area contributed by atoms with Crippen LogP contribution in [0.5, 0.6) is 0 Å². The van der Waals surface area contributed by atoms with Crippen LogP contribution in [0, 0.1) is 29.1 Å². The number of hydrogen-bond donors (Lipinski definition) is 0. The van der Waals surface area contributed by atoms with E-state index in [1.165, 1.54) is 25.7 Å². The van der Waals surface area contributed by atoms with Crippen molar-refractivity contribution < 1.29 is 13.5 Å². The molecule has 30 heavy (non-hydrogen) atoms. The van der Waals surface area contributed by atoms with E-state index in [4.69, 9.17) is 4.74 Å². The molecule has 0 radical (unpaired) electrons. The van der Waals surface area contributed by atoms with Crippen molar-refractivity contribution in [3.05, 3.63) is 35.6 Å². The van der Waals surface area contributed by atoms with E-state index < -0.39 is 12.0 Å². The molecule has 0 aromatic carbocycles. The van der Waals surface area contributed by atoms with Crippen LogP contribution in [-0.2, 0) is 4.74 Å². The third-order valence-electron chi connectivity index (χ3n) is 7.62. The maximum atomic E-state index is 15.1. The summed E-state index contributed by atoms with van der Waals surface area (Å²) in [4.78, 5) is 0. The van der Waals surface area contributed by atoms with Gasteiger partial charge in [0.05, 0.1) is 5.92 Å². The molecule has 0 bridgehead atoms. The number of allylic oxidation sites excluding steroid dienone is 5. The number of rotatable bonds is 7. The molecular weight excluding hydrogens is 493 g/mol. The van der Waals surface area contributed by atoms with E-state index in [9.17, 15) is 0 Å². The van der Waals surface area contributed by atoms with Crippen LogP contribution in [0.25, 0.3) is 0 Å². The second kappa shape index (κ2) is 10.5. The molecule has 3 aliphatic carbocycles. The third-order valence-corrected chi connectivity index (χ3v) is 8.38. The average molecular weight is 532 g/mol. The topological polar surface area (TPSA) is 9.23 Å². The average Bonchev–Trinajstić information content (AvgIpc) is 2.84. The Morgan fingerprint density at radius 1 is 1.00 bits per heavy atom. The molecule has 2 saturated carbocycles. The fraction of sp³-hybridized carbons (Fsp3) is 0.769. The lowest BCUT2D eigenvalue weighted by atomic mass is 9.69. The molecule has 0 N–H and O–H groups in total. The minimum atomic E-state index is -3.09. The highest BCUT2D eigenvalue weighted by molar-refractivity contribution is 14.1. The van der Waals surface area contributed by atoms with Crippen molar-refractivity contribution in [1.82, 2.24) is 0 Å². The molecular formula is C26H39F2IO. The molecule has 0 saturated heterocycles. The molecule has 0 spiro atoms. The predicted octanol–water partition coefficient (Wildman–Crippen LogP) is 8.85. The van der Waals surface area contributed by atoms with Gasteiger partial charge in [-0.3, -0.25) is 0 Å². The van der Waals surface area contributed by atoms with E-state index in [2.05, 4.69) is 42.5 Å².